The second-order valence-electron chi connectivity index (χ2n) is 5.10. The van der Waals surface area contributed by atoms with Crippen LogP contribution in [0.1, 0.15) is 49.4 Å². The molecule has 1 heterocycles. The third-order valence-corrected chi connectivity index (χ3v) is 6.10. The fraction of sp³-hybridized carbons (Fsp3) is 0.615. The number of carbonyl (C=O) groups excluding carboxylic acids is 1. The summed E-state index contributed by atoms with van der Waals surface area (Å²) in [5.41, 5.74) is 0.263. The van der Waals surface area contributed by atoms with E-state index in [0.29, 0.717) is 5.92 Å². The largest absolute Gasteiger partial charge is 0.458 e. The second-order valence-corrected chi connectivity index (χ2v) is 7.80. The molecule has 2 unspecified atom stereocenters. The Balaban J connectivity index is 2.06. The Kier molecular flexibility index (Phi) is 4.82. The Hall–Kier alpha value is -0.920. The summed E-state index contributed by atoms with van der Waals surface area (Å²) in [6.07, 6.45) is 5.15. The lowest BCUT2D eigenvalue weighted by atomic mass is 9.85. The SMILES string of the molecule is CCC1CCCCC1OC(=O)c1csc(S(N)(=O)=O)c1. The number of hydrogen-bond donors (Lipinski definition) is 1. The zero-order chi connectivity index (χ0) is 14.8. The Morgan fingerprint density at radius 3 is 2.75 bits per heavy atom. The van der Waals surface area contributed by atoms with Crippen molar-refractivity contribution >= 4 is 27.3 Å². The molecular weight excluding hydrogens is 298 g/mol. The van der Waals surface area contributed by atoms with Gasteiger partial charge in [-0.25, -0.2) is 18.4 Å². The number of hydrogen-bond acceptors (Lipinski definition) is 5. The first-order chi connectivity index (χ1) is 9.41. The smallest absolute Gasteiger partial charge is 0.339 e. The zero-order valence-electron chi connectivity index (χ0n) is 11.4. The number of carbonyl (C=O) groups is 1. The van der Waals surface area contributed by atoms with Crippen LogP contribution in [-0.2, 0) is 14.8 Å². The van der Waals surface area contributed by atoms with Gasteiger partial charge in [0.2, 0.25) is 10.0 Å². The van der Waals surface area contributed by atoms with Crippen LogP contribution in [0.5, 0.6) is 0 Å². The van der Waals surface area contributed by atoms with Gasteiger partial charge in [-0.3, -0.25) is 0 Å². The van der Waals surface area contributed by atoms with Crippen LogP contribution in [-0.4, -0.2) is 20.5 Å². The molecule has 20 heavy (non-hydrogen) atoms. The average Bonchev–Trinajstić information content (AvgIpc) is 2.89. The molecule has 0 amide bonds. The summed E-state index contributed by atoms with van der Waals surface area (Å²) in [6, 6.07) is 1.28. The molecule has 2 rings (SSSR count). The molecule has 1 aromatic heterocycles. The third-order valence-electron chi connectivity index (χ3n) is 3.71. The van der Waals surface area contributed by atoms with Crippen molar-refractivity contribution in [3.8, 4) is 0 Å². The summed E-state index contributed by atoms with van der Waals surface area (Å²) in [7, 11) is -3.75. The van der Waals surface area contributed by atoms with Gasteiger partial charge in [0.1, 0.15) is 10.3 Å². The molecule has 0 aromatic carbocycles. The Labute approximate surface area is 123 Å². The number of ether oxygens (including phenoxy) is 1. The zero-order valence-corrected chi connectivity index (χ0v) is 13.0. The molecule has 1 saturated carbocycles. The molecule has 5 nitrogen and oxygen atoms in total. The highest BCUT2D eigenvalue weighted by atomic mass is 32.2. The van der Waals surface area contributed by atoms with E-state index in [9.17, 15) is 13.2 Å². The van der Waals surface area contributed by atoms with Crippen LogP contribution < -0.4 is 5.14 Å². The van der Waals surface area contributed by atoms with Gasteiger partial charge in [-0.15, -0.1) is 11.3 Å². The Morgan fingerprint density at radius 2 is 2.15 bits per heavy atom. The first-order valence-corrected chi connectivity index (χ1v) is 9.16. The molecule has 2 atom stereocenters. The Morgan fingerprint density at radius 1 is 1.45 bits per heavy atom. The van der Waals surface area contributed by atoms with E-state index in [2.05, 4.69) is 6.92 Å². The van der Waals surface area contributed by atoms with E-state index in [1.807, 2.05) is 0 Å². The molecule has 112 valence electrons. The van der Waals surface area contributed by atoms with Gasteiger partial charge >= 0.3 is 5.97 Å². The topological polar surface area (TPSA) is 86.5 Å². The van der Waals surface area contributed by atoms with Gasteiger partial charge in [0.15, 0.2) is 0 Å². The molecule has 1 fully saturated rings. The van der Waals surface area contributed by atoms with Crippen molar-refractivity contribution < 1.29 is 17.9 Å². The van der Waals surface area contributed by atoms with Gasteiger partial charge in [-0.1, -0.05) is 13.3 Å². The average molecular weight is 317 g/mol. The minimum atomic E-state index is -3.75. The highest BCUT2D eigenvalue weighted by molar-refractivity contribution is 7.91. The lowest BCUT2D eigenvalue weighted by Crippen LogP contribution is -2.29. The first-order valence-electron chi connectivity index (χ1n) is 6.74. The lowest BCUT2D eigenvalue weighted by Gasteiger charge is -2.30. The summed E-state index contributed by atoms with van der Waals surface area (Å²) in [4.78, 5) is 12.1. The predicted molar refractivity (Wildman–Crippen MR) is 77.1 cm³/mol. The standard InChI is InChI=1S/C13H19NO4S2/c1-2-9-5-3-4-6-11(9)18-13(15)10-7-12(19-8-10)20(14,16)17/h7-9,11H,2-6H2,1H3,(H2,14,16,17). The summed E-state index contributed by atoms with van der Waals surface area (Å²) in [5, 5.41) is 6.51. The first kappa shape index (κ1) is 15.5. The van der Waals surface area contributed by atoms with Crippen LogP contribution in [0.4, 0.5) is 0 Å². The monoisotopic (exact) mass is 317 g/mol. The van der Waals surface area contributed by atoms with Crippen LogP contribution in [0.2, 0.25) is 0 Å². The highest BCUT2D eigenvalue weighted by Gasteiger charge is 2.28. The van der Waals surface area contributed by atoms with E-state index >= 15 is 0 Å². The summed E-state index contributed by atoms with van der Waals surface area (Å²) < 4.78 is 27.9. The number of esters is 1. The van der Waals surface area contributed by atoms with Crippen LogP contribution >= 0.6 is 11.3 Å². The molecule has 1 aliphatic carbocycles. The van der Waals surface area contributed by atoms with Crippen molar-refractivity contribution in [3.05, 3.63) is 17.0 Å². The van der Waals surface area contributed by atoms with Crippen molar-refractivity contribution in [1.29, 1.82) is 0 Å². The van der Waals surface area contributed by atoms with E-state index in [1.165, 1.54) is 17.9 Å². The van der Waals surface area contributed by atoms with E-state index in [-0.39, 0.29) is 15.9 Å². The second kappa shape index (κ2) is 6.24. The van der Waals surface area contributed by atoms with Gasteiger partial charge in [0.25, 0.3) is 0 Å². The van der Waals surface area contributed by atoms with Gasteiger partial charge in [-0.2, -0.15) is 0 Å². The minimum absolute atomic E-state index is 0.0138. The van der Waals surface area contributed by atoms with Crippen LogP contribution in [0, 0.1) is 5.92 Å². The van der Waals surface area contributed by atoms with Crippen molar-refractivity contribution in [1.82, 2.24) is 0 Å². The number of sulfonamides is 1. The molecule has 0 saturated heterocycles. The molecule has 0 radical (unpaired) electrons. The van der Waals surface area contributed by atoms with Gasteiger partial charge in [0, 0.05) is 5.38 Å². The predicted octanol–water partition coefficient (Wildman–Crippen LogP) is 2.52. The van der Waals surface area contributed by atoms with E-state index in [0.717, 1.165) is 37.0 Å². The molecule has 2 N–H and O–H groups in total. The molecule has 1 aliphatic rings. The van der Waals surface area contributed by atoms with Gasteiger partial charge in [-0.05, 0) is 37.7 Å². The van der Waals surface area contributed by atoms with Crippen molar-refractivity contribution in [2.75, 3.05) is 0 Å². The van der Waals surface area contributed by atoms with Crippen LogP contribution in [0.15, 0.2) is 15.7 Å². The van der Waals surface area contributed by atoms with Crippen LogP contribution in [0.25, 0.3) is 0 Å². The fourth-order valence-electron chi connectivity index (χ4n) is 2.57. The molecular formula is C13H19NO4S2. The number of nitrogens with two attached hydrogens (primary N) is 1. The molecule has 0 spiro atoms. The maximum Gasteiger partial charge on any atom is 0.339 e. The lowest BCUT2D eigenvalue weighted by molar-refractivity contribution is 0.000750. The van der Waals surface area contributed by atoms with E-state index in [4.69, 9.17) is 9.88 Å². The van der Waals surface area contributed by atoms with Gasteiger partial charge in [0.05, 0.1) is 5.56 Å². The number of primary sulfonamides is 1. The maximum absolute atomic E-state index is 12.1. The molecule has 7 heteroatoms. The number of thiophene rings is 1. The van der Waals surface area contributed by atoms with Crippen molar-refractivity contribution in [2.45, 2.75) is 49.3 Å². The van der Waals surface area contributed by atoms with Crippen LogP contribution in [0.3, 0.4) is 0 Å². The molecule has 1 aromatic rings. The van der Waals surface area contributed by atoms with Crippen molar-refractivity contribution in [3.63, 3.8) is 0 Å². The molecule has 0 aliphatic heterocycles. The number of rotatable bonds is 4. The minimum Gasteiger partial charge on any atom is -0.458 e. The summed E-state index contributed by atoms with van der Waals surface area (Å²) in [5.74, 6) is -0.0504. The Bertz CT molecular complexity index is 579. The summed E-state index contributed by atoms with van der Waals surface area (Å²) in [6.45, 7) is 2.10. The quantitative estimate of drug-likeness (QED) is 0.864. The van der Waals surface area contributed by atoms with Gasteiger partial charge < -0.3 is 4.74 Å². The maximum atomic E-state index is 12.1. The fourth-order valence-corrected chi connectivity index (χ4v) is 4.15. The summed E-state index contributed by atoms with van der Waals surface area (Å²) >= 11 is 0.940. The highest BCUT2D eigenvalue weighted by Crippen LogP contribution is 2.30. The normalized spacial score (nSPS) is 23.5. The van der Waals surface area contributed by atoms with Crippen molar-refractivity contribution in [2.24, 2.45) is 11.1 Å². The van der Waals surface area contributed by atoms with E-state index in [1.54, 1.807) is 0 Å². The third kappa shape index (κ3) is 3.59. The molecule has 0 bridgehead atoms. The van der Waals surface area contributed by atoms with E-state index < -0.39 is 16.0 Å².